The molecular formula is C28H29ClN4O5. The first-order valence-electron chi connectivity index (χ1n) is 12.0. The van der Waals surface area contributed by atoms with Gasteiger partial charge in [0.2, 0.25) is 0 Å². The summed E-state index contributed by atoms with van der Waals surface area (Å²) in [6.07, 6.45) is 3.38. The molecule has 0 fully saturated rings. The lowest BCUT2D eigenvalue weighted by molar-refractivity contribution is -0.136. The van der Waals surface area contributed by atoms with Gasteiger partial charge in [-0.15, -0.1) is 0 Å². The van der Waals surface area contributed by atoms with Crippen molar-refractivity contribution in [2.45, 2.75) is 26.7 Å². The van der Waals surface area contributed by atoms with E-state index >= 15 is 0 Å². The number of carbonyl (C=O) groups is 3. The third-order valence-corrected chi connectivity index (χ3v) is 5.67. The van der Waals surface area contributed by atoms with Crippen LogP contribution in [0.4, 0.5) is 11.4 Å². The number of unbranched alkanes of at least 4 members (excludes halogenated alkanes) is 1. The molecule has 0 saturated carbocycles. The van der Waals surface area contributed by atoms with E-state index in [2.05, 4.69) is 28.1 Å². The normalized spacial score (nSPS) is 10.6. The highest BCUT2D eigenvalue weighted by Gasteiger charge is 2.13. The first-order chi connectivity index (χ1) is 18.4. The average Bonchev–Trinajstić information content (AvgIpc) is 2.92. The van der Waals surface area contributed by atoms with Crippen molar-refractivity contribution in [3.8, 4) is 11.5 Å². The van der Waals surface area contributed by atoms with Crippen LogP contribution in [0.15, 0.2) is 71.8 Å². The molecule has 0 unspecified atom stereocenters. The Hall–Kier alpha value is -4.37. The van der Waals surface area contributed by atoms with Crippen molar-refractivity contribution in [2.75, 3.05) is 23.8 Å². The summed E-state index contributed by atoms with van der Waals surface area (Å²) in [7, 11) is 0. The zero-order chi connectivity index (χ0) is 27.3. The van der Waals surface area contributed by atoms with E-state index in [0.29, 0.717) is 40.1 Å². The number of hydrazone groups is 1. The van der Waals surface area contributed by atoms with Crippen molar-refractivity contribution >= 4 is 46.9 Å². The summed E-state index contributed by atoms with van der Waals surface area (Å²) in [5, 5.41) is 9.63. The number of hydrogen-bond acceptors (Lipinski definition) is 6. The van der Waals surface area contributed by atoms with Gasteiger partial charge in [-0.25, -0.2) is 5.43 Å². The van der Waals surface area contributed by atoms with Gasteiger partial charge in [0, 0.05) is 16.4 Å². The fraction of sp³-hybridized carbons (Fsp3) is 0.214. The smallest absolute Gasteiger partial charge is 0.329 e. The Bertz CT molecular complexity index is 1280. The second kappa shape index (κ2) is 14.4. The lowest BCUT2D eigenvalue weighted by Gasteiger charge is -2.10. The van der Waals surface area contributed by atoms with Gasteiger partial charge in [0.15, 0.2) is 6.61 Å². The molecule has 0 bridgehead atoms. The van der Waals surface area contributed by atoms with Crippen LogP contribution in [-0.2, 0) is 14.4 Å². The molecule has 0 aliphatic heterocycles. The van der Waals surface area contributed by atoms with Crippen LogP contribution in [0.5, 0.6) is 11.5 Å². The summed E-state index contributed by atoms with van der Waals surface area (Å²) < 4.78 is 11.1. The summed E-state index contributed by atoms with van der Waals surface area (Å²) in [6.45, 7) is 4.34. The van der Waals surface area contributed by atoms with E-state index in [1.54, 1.807) is 66.7 Å². The van der Waals surface area contributed by atoms with Crippen LogP contribution in [0.25, 0.3) is 0 Å². The molecule has 3 rings (SSSR count). The molecule has 0 heterocycles. The van der Waals surface area contributed by atoms with E-state index in [0.717, 1.165) is 18.4 Å². The van der Waals surface area contributed by atoms with E-state index in [1.807, 2.05) is 6.92 Å². The van der Waals surface area contributed by atoms with Gasteiger partial charge in [-0.3, -0.25) is 14.4 Å². The van der Waals surface area contributed by atoms with Crippen LogP contribution < -0.4 is 25.5 Å². The van der Waals surface area contributed by atoms with E-state index in [9.17, 15) is 14.4 Å². The zero-order valence-corrected chi connectivity index (χ0v) is 21.9. The van der Waals surface area contributed by atoms with Crippen LogP contribution in [0, 0.1) is 6.92 Å². The number of rotatable bonds is 11. The fourth-order valence-electron chi connectivity index (χ4n) is 3.10. The number of anilines is 2. The molecule has 0 aliphatic rings. The van der Waals surface area contributed by atoms with E-state index in [-0.39, 0.29) is 12.5 Å². The number of nitrogens with zero attached hydrogens (tertiary/aromatic N) is 1. The lowest BCUT2D eigenvalue weighted by atomic mass is 10.2. The first kappa shape index (κ1) is 28.2. The quantitative estimate of drug-likeness (QED) is 0.139. The molecule has 3 aromatic carbocycles. The zero-order valence-electron chi connectivity index (χ0n) is 21.1. The molecule has 198 valence electrons. The van der Waals surface area contributed by atoms with Gasteiger partial charge in [0.1, 0.15) is 11.5 Å². The third-order valence-electron chi connectivity index (χ3n) is 5.26. The minimum absolute atomic E-state index is 0.181. The van der Waals surface area contributed by atoms with Gasteiger partial charge in [0.25, 0.3) is 5.91 Å². The van der Waals surface area contributed by atoms with Crippen molar-refractivity contribution < 1.29 is 23.9 Å². The van der Waals surface area contributed by atoms with Gasteiger partial charge in [-0.1, -0.05) is 31.0 Å². The Labute approximate surface area is 226 Å². The van der Waals surface area contributed by atoms with E-state index in [4.69, 9.17) is 21.1 Å². The number of hydrogen-bond donors (Lipinski definition) is 3. The number of nitrogens with one attached hydrogen (secondary N) is 3. The minimum Gasteiger partial charge on any atom is -0.494 e. The summed E-state index contributed by atoms with van der Waals surface area (Å²) >= 11 is 6.07. The molecule has 9 nitrogen and oxygen atoms in total. The molecule has 38 heavy (non-hydrogen) atoms. The molecule has 0 atom stereocenters. The highest BCUT2D eigenvalue weighted by molar-refractivity contribution is 6.39. The summed E-state index contributed by atoms with van der Waals surface area (Å²) in [4.78, 5) is 36.3. The molecule has 3 aromatic rings. The number of carbonyl (C=O) groups excluding carboxylic acids is 3. The first-order valence-corrected chi connectivity index (χ1v) is 12.4. The predicted octanol–water partition coefficient (Wildman–Crippen LogP) is 4.93. The summed E-state index contributed by atoms with van der Waals surface area (Å²) in [5.41, 5.74) is 4.69. The topological polar surface area (TPSA) is 118 Å². The van der Waals surface area contributed by atoms with Crippen LogP contribution in [0.3, 0.4) is 0 Å². The van der Waals surface area contributed by atoms with E-state index in [1.165, 1.54) is 6.21 Å². The molecule has 0 saturated heterocycles. The molecule has 0 spiro atoms. The predicted molar refractivity (Wildman–Crippen MR) is 148 cm³/mol. The van der Waals surface area contributed by atoms with E-state index < -0.39 is 11.8 Å². The molecule has 3 amide bonds. The number of ether oxygens (including phenoxy) is 2. The molecular weight excluding hydrogens is 508 g/mol. The Balaban J connectivity index is 1.41. The maximum atomic E-state index is 12.2. The van der Waals surface area contributed by atoms with Crippen LogP contribution in [-0.4, -0.2) is 37.1 Å². The molecule has 10 heteroatoms. The summed E-state index contributed by atoms with van der Waals surface area (Å²) in [6, 6.07) is 18.7. The highest BCUT2D eigenvalue weighted by Crippen LogP contribution is 2.23. The van der Waals surface area contributed by atoms with Crippen molar-refractivity contribution in [2.24, 2.45) is 5.10 Å². The number of benzene rings is 3. The molecule has 0 radical (unpaired) electrons. The largest absolute Gasteiger partial charge is 0.494 e. The van der Waals surface area contributed by atoms with Crippen molar-refractivity contribution in [3.63, 3.8) is 0 Å². The number of halogens is 1. The highest BCUT2D eigenvalue weighted by atomic mass is 35.5. The molecule has 3 N–H and O–H groups in total. The van der Waals surface area contributed by atoms with Crippen LogP contribution in [0.1, 0.15) is 30.9 Å². The molecule has 0 aromatic heterocycles. The monoisotopic (exact) mass is 536 g/mol. The lowest BCUT2D eigenvalue weighted by Crippen LogP contribution is -2.32. The second-order valence-corrected chi connectivity index (χ2v) is 8.61. The average molecular weight is 537 g/mol. The van der Waals surface area contributed by atoms with Gasteiger partial charge in [-0.2, -0.15) is 5.10 Å². The Kier molecular flexibility index (Phi) is 10.7. The SMILES string of the molecule is CCCCOc1ccc(NC(=O)C(=O)N/N=C\c2ccc(OCC(=O)Nc3cccc(Cl)c3C)cc2)cc1. The molecule has 0 aliphatic carbocycles. The van der Waals surface area contributed by atoms with Gasteiger partial charge < -0.3 is 20.1 Å². The second-order valence-electron chi connectivity index (χ2n) is 8.20. The maximum absolute atomic E-state index is 12.2. The van der Waals surface area contributed by atoms with Gasteiger partial charge >= 0.3 is 11.8 Å². The standard InChI is InChI=1S/C28H29ClN4O5/c1-3-4-16-37-22-14-10-21(11-15-22)31-27(35)28(36)33-30-17-20-8-12-23(13-9-20)38-18-26(34)32-25-7-5-6-24(29)19(25)2/h5-15,17H,3-4,16,18H2,1-2H3,(H,31,35)(H,32,34)(H,33,36)/b30-17-. The van der Waals surface area contributed by atoms with Crippen molar-refractivity contribution in [1.29, 1.82) is 0 Å². The minimum atomic E-state index is -0.912. The maximum Gasteiger partial charge on any atom is 0.329 e. The van der Waals surface area contributed by atoms with Gasteiger partial charge in [0.05, 0.1) is 12.8 Å². The summed E-state index contributed by atoms with van der Waals surface area (Å²) in [5.74, 6) is -0.913. The Morgan fingerprint density at radius 2 is 1.58 bits per heavy atom. The fourth-order valence-corrected chi connectivity index (χ4v) is 3.28. The van der Waals surface area contributed by atoms with Crippen molar-refractivity contribution in [1.82, 2.24) is 5.43 Å². The van der Waals surface area contributed by atoms with Gasteiger partial charge in [-0.05, 0) is 85.1 Å². The van der Waals surface area contributed by atoms with Crippen LogP contribution >= 0.6 is 11.6 Å². The van der Waals surface area contributed by atoms with Crippen LogP contribution in [0.2, 0.25) is 5.02 Å². The number of amides is 3. The third kappa shape index (κ3) is 8.94. The van der Waals surface area contributed by atoms with Crippen molar-refractivity contribution in [3.05, 3.63) is 82.9 Å². The Morgan fingerprint density at radius 3 is 2.29 bits per heavy atom. The Morgan fingerprint density at radius 1 is 0.895 bits per heavy atom.